The lowest BCUT2D eigenvalue weighted by atomic mass is 10.1. The molecule has 0 spiro atoms. The molecule has 0 saturated carbocycles. The van der Waals surface area contributed by atoms with E-state index in [0.717, 1.165) is 17.1 Å². The Labute approximate surface area is 142 Å². The van der Waals surface area contributed by atoms with E-state index in [4.69, 9.17) is 4.74 Å². The van der Waals surface area contributed by atoms with Crippen LogP contribution < -0.4 is 9.64 Å². The first-order chi connectivity index (χ1) is 11.8. The fourth-order valence-electron chi connectivity index (χ4n) is 2.59. The summed E-state index contributed by atoms with van der Waals surface area (Å²) in [5, 5.41) is 0. The zero-order chi connectivity index (χ0) is 16.8. The summed E-state index contributed by atoms with van der Waals surface area (Å²) in [7, 11) is 3.72. The molecule has 2 aromatic rings. The number of allylic oxidation sites excluding steroid dienone is 4. The van der Waals surface area contributed by atoms with E-state index in [9.17, 15) is 0 Å². The lowest BCUT2D eigenvalue weighted by Crippen LogP contribution is -2.18. The second-order valence-corrected chi connectivity index (χ2v) is 5.38. The van der Waals surface area contributed by atoms with Gasteiger partial charge in [-0.3, -0.25) is 4.99 Å². The van der Waals surface area contributed by atoms with Gasteiger partial charge in [0.05, 0.1) is 7.11 Å². The lowest BCUT2D eigenvalue weighted by molar-refractivity contribution is 0.416. The van der Waals surface area contributed by atoms with E-state index in [1.807, 2.05) is 36.4 Å². The van der Waals surface area contributed by atoms with Crippen molar-refractivity contribution in [2.45, 2.75) is 0 Å². The van der Waals surface area contributed by atoms with E-state index >= 15 is 0 Å². The molecule has 0 aromatic heterocycles. The van der Waals surface area contributed by atoms with E-state index in [-0.39, 0.29) is 0 Å². The van der Waals surface area contributed by atoms with Crippen LogP contribution in [-0.2, 0) is 0 Å². The Kier molecular flexibility index (Phi) is 4.92. The highest BCUT2D eigenvalue weighted by Gasteiger charge is 2.11. The van der Waals surface area contributed by atoms with Crippen LogP contribution in [0.4, 0.5) is 11.4 Å². The van der Waals surface area contributed by atoms with Gasteiger partial charge >= 0.3 is 0 Å². The van der Waals surface area contributed by atoms with Gasteiger partial charge < -0.3 is 9.64 Å². The summed E-state index contributed by atoms with van der Waals surface area (Å²) in [6, 6.07) is 16.1. The number of likely N-dealkylation sites (N-methyl/N-ethyl adjacent to an activating group) is 1. The molecule has 0 atom stereocenters. The van der Waals surface area contributed by atoms with Gasteiger partial charge in [-0.05, 0) is 42.0 Å². The fourth-order valence-corrected chi connectivity index (χ4v) is 2.59. The van der Waals surface area contributed by atoms with Gasteiger partial charge in [0.1, 0.15) is 11.4 Å². The maximum absolute atomic E-state index is 5.28. The molecule has 0 saturated heterocycles. The highest BCUT2D eigenvalue weighted by atomic mass is 16.5. The summed E-state index contributed by atoms with van der Waals surface area (Å²) in [6.45, 7) is 0. The summed E-state index contributed by atoms with van der Waals surface area (Å²) in [5.74, 6) is 0.770. The molecular formula is C21H20N2O. The van der Waals surface area contributed by atoms with Crippen molar-refractivity contribution in [1.29, 1.82) is 0 Å². The number of ether oxygens (including phenoxy) is 1. The van der Waals surface area contributed by atoms with Gasteiger partial charge in [-0.15, -0.1) is 0 Å². The second-order valence-electron chi connectivity index (χ2n) is 5.38. The van der Waals surface area contributed by atoms with Gasteiger partial charge in [-0.1, -0.05) is 42.5 Å². The van der Waals surface area contributed by atoms with Gasteiger partial charge in [0.25, 0.3) is 0 Å². The van der Waals surface area contributed by atoms with Gasteiger partial charge in [0.15, 0.2) is 0 Å². The minimum Gasteiger partial charge on any atom is -0.494 e. The minimum atomic E-state index is 0.770. The molecule has 1 aliphatic heterocycles. The first-order valence-electron chi connectivity index (χ1n) is 7.84. The van der Waals surface area contributed by atoms with E-state index in [1.165, 1.54) is 11.3 Å². The van der Waals surface area contributed by atoms with Crippen LogP contribution in [0.25, 0.3) is 6.08 Å². The molecule has 0 unspecified atom stereocenters. The molecule has 120 valence electrons. The van der Waals surface area contributed by atoms with E-state index in [1.54, 1.807) is 13.3 Å². The largest absolute Gasteiger partial charge is 0.494 e. The number of hydrogen-bond donors (Lipinski definition) is 0. The normalized spacial score (nSPS) is 15.4. The summed E-state index contributed by atoms with van der Waals surface area (Å²) in [5.41, 5.74) is 4.40. The molecule has 0 N–H and O–H groups in total. The Hall–Kier alpha value is -3.07. The number of nitrogens with zero attached hydrogens (tertiary/aromatic N) is 2. The average Bonchev–Trinajstić information content (AvgIpc) is 2.63. The summed E-state index contributed by atoms with van der Waals surface area (Å²) < 4.78 is 5.28. The van der Waals surface area contributed by atoms with E-state index in [2.05, 4.69) is 59.4 Å². The van der Waals surface area contributed by atoms with Crippen molar-refractivity contribution in [3.8, 4) is 5.75 Å². The molecule has 0 radical (unpaired) electrons. The standard InChI is InChI=1S/C21H20N2O/c1-23-18(15-14-17-9-3-5-12-20(17)23)10-7-8-16-22-19-11-4-6-13-21(19)24-2/h3-16H,1-2H3/b8-7+,18-10+,22-16?. The van der Waals surface area contributed by atoms with Crippen LogP contribution in [0.3, 0.4) is 0 Å². The van der Waals surface area contributed by atoms with Crippen molar-refractivity contribution in [3.05, 3.63) is 84.1 Å². The van der Waals surface area contributed by atoms with Crippen molar-refractivity contribution < 1.29 is 4.74 Å². The molecule has 3 nitrogen and oxygen atoms in total. The SMILES string of the molecule is COc1ccccc1N=C/C=C/C=C1\C=Cc2ccccc2N1C. The van der Waals surface area contributed by atoms with Crippen molar-refractivity contribution in [2.24, 2.45) is 4.99 Å². The molecule has 24 heavy (non-hydrogen) atoms. The van der Waals surface area contributed by atoms with Crippen LogP contribution in [0.2, 0.25) is 0 Å². The predicted molar refractivity (Wildman–Crippen MR) is 102 cm³/mol. The van der Waals surface area contributed by atoms with Crippen LogP contribution >= 0.6 is 0 Å². The van der Waals surface area contributed by atoms with Crippen LogP contribution in [0, 0.1) is 0 Å². The third-order valence-electron chi connectivity index (χ3n) is 3.88. The minimum absolute atomic E-state index is 0.770. The number of hydrogen-bond acceptors (Lipinski definition) is 3. The molecule has 0 bridgehead atoms. The van der Waals surface area contributed by atoms with Gasteiger partial charge in [-0.2, -0.15) is 0 Å². The van der Waals surface area contributed by atoms with Gasteiger partial charge in [0, 0.05) is 24.6 Å². The molecule has 0 amide bonds. The number of para-hydroxylation sites is 3. The Bertz CT molecular complexity index is 831. The second kappa shape index (κ2) is 7.47. The molecule has 3 heteroatoms. The summed E-state index contributed by atoms with van der Waals surface area (Å²) in [6.07, 6.45) is 12.0. The van der Waals surface area contributed by atoms with Gasteiger partial charge in [-0.25, -0.2) is 0 Å². The van der Waals surface area contributed by atoms with Crippen molar-refractivity contribution >= 4 is 23.7 Å². The van der Waals surface area contributed by atoms with Gasteiger partial charge in [0.2, 0.25) is 0 Å². The smallest absolute Gasteiger partial charge is 0.144 e. The van der Waals surface area contributed by atoms with Crippen molar-refractivity contribution in [3.63, 3.8) is 0 Å². The van der Waals surface area contributed by atoms with E-state index < -0.39 is 0 Å². The third kappa shape index (κ3) is 3.46. The lowest BCUT2D eigenvalue weighted by Gasteiger charge is -2.25. The summed E-state index contributed by atoms with van der Waals surface area (Å²) >= 11 is 0. The van der Waals surface area contributed by atoms with Crippen molar-refractivity contribution in [2.75, 3.05) is 19.1 Å². The number of benzene rings is 2. The maximum atomic E-state index is 5.28. The van der Waals surface area contributed by atoms with Crippen LogP contribution in [0.5, 0.6) is 5.75 Å². The van der Waals surface area contributed by atoms with E-state index in [0.29, 0.717) is 0 Å². The summed E-state index contributed by atoms with van der Waals surface area (Å²) in [4.78, 5) is 6.59. The Morgan fingerprint density at radius 2 is 1.75 bits per heavy atom. The highest BCUT2D eigenvalue weighted by Crippen LogP contribution is 2.29. The van der Waals surface area contributed by atoms with Crippen LogP contribution in [-0.4, -0.2) is 20.4 Å². The monoisotopic (exact) mass is 316 g/mol. The predicted octanol–water partition coefficient (Wildman–Crippen LogP) is 5.00. The molecular weight excluding hydrogens is 296 g/mol. The van der Waals surface area contributed by atoms with Crippen LogP contribution in [0.15, 0.2) is 83.5 Å². The molecule has 2 aromatic carbocycles. The number of methoxy groups -OCH3 is 1. The number of rotatable bonds is 4. The number of aliphatic imine (C=N–C) groups is 1. The Balaban J connectivity index is 1.70. The Morgan fingerprint density at radius 1 is 0.958 bits per heavy atom. The van der Waals surface area contributed by atoms with Crippen LogP contribution in [0.1, 0.15) is 5.56 Å². The maximum Gasteiger partial charge on any atom is 0.144 e. The molecule has 0 aliphatic carbocycles. The van der Waals surface area contributed by atoms with Crippen molar-refractivity contribution in [1.82, 2.24) is 0 Å². The fraction of sp³-hybridized carbons (Fsp3) is 0.0952. The molecule has 1 heterocycles. The zero-order valence-electron chi connectivity index (χ0n) is 13.9. The first kappa shape index (κ1) is 15.8. The topological polar surface area (TPSA) is 24.8 Å². The first-order valence-corrected chi connectivity index (χ1v) is 7.84. The molecule has 1 aliphatic rings. The zero-order valence-corrected chi connectivity index (χ0v) is 13.9. The number of fused-ring (bicyclic) bond motifs is 1. The third-order valence-corrected chi connectivity index (χ3v) is 3.88. The number of anilines is 1. The average molecular weight is 316 g/mol. The molecule has 0 fully saturated rings. The highest BCUT2D eigenvalue weighted by molar-refractivity contribution is 5.78. The quantitative estimate of drug-likeness (QED) is 0.741. The Morgan fingerprint density at radius 3 is 2.62 bits per heavy atom. The molecule has 3 rings (SSSR count).